The van der Waals surface area contributed by atoms with Gasteiger partial charge in [-0.1, -0.05) is 0 Å². The smallest absolute Gasteiger partial charge is 0.410 e. The molecule has 6 nitrogen and oxygen atoms in total. The van der Waals surface area contributed by atoms with E-state index in [1.54, 1.807) is 17.3 Å². The molecule has 1 aliphatic rings. The van der Waals surface area contributed by atoms with Crippen LogP contribution in [-0.4, -0.2) is 39.7 Å². The van der Waals surface area contributed by atoms with Gasteiger partial charge in [0.05, 0.1) is 0 Å². The van der Waals surface area contributed by atoms with Crippen LogP contribution in [0, 0.1) is 0 Å². The zero-order valence-electron chi connectivity index (χ0n) is 10.5. The maximum atomic E-state index is 11.8. The van der Waals surface area contributed by atoms with Crippen molar-refractivity contribution in [1.82, 2.24) is 9.88 Å². The maximum Gasteiger partial charge on any atom is 0.410 e. The number of carboxylic acids is 1. The van der Waals surface area contributed by atoms with E-state index in [9.17, 15) is 9.59 Å². The zero-order valence-corrected chi connectivity index (χ0v) is 10.5. The molecule has 1 aromatic heterocycles. The number of pyridine rings is 1. The Kier molecular flexibility index (Phi) is 4.33. The predicted octanol–water partition coefficient (Wildman–Crippen LogP) is 1.66. The number of aromatic nitrogens is 1. The average Bonchev–Trinajstić information content (AvgIpc) is 2.40. The highest BCUT2D eigenvalue weighted by Crippen LogP contribution is 2.18. The summed E-state index contributed by atoms with van der Waals surface area (Å²) in [6.45, 7) is 1.08. The SMILES string of the molecule is O=C(O)CCC1CCN(Cc2ccncc2)C(=O)O1. The van der Waals surface area contributed by atoms with Gasteiger partial charge in [0.15, 0.2) is 0 Å². The van der Waals surface area contributed by atoms with Gasteiger partial charge in [-0.15, -0.1) is 0 Å². The minimum absolute atomic E-state index is 0.0301. The van der Waals surface area contributed by atoms with E-state index in [1.165, 1.54) is 0 Å². The van der Waals surface area contributed by atoms with Crippen LogP contribution in [0.2, 0.25) is 0 Å². The summed E-state index contributed by atoms with van der Waals surface area (Å²) >= 11 is 0. The molecule has 2 heterocycles. The van der Waals surface area contributed by atoms with Gasteiger partial charge in [0.1, 0.15) is 6.10 Å². The van der Waals surface area contributed by atoms with Gasteiger partial charge < -0.3 is 14.7 Å². The minimum Gasteiger partial charge on any atom is -0.481 e. The Morgan fingerprint density at radius 3 is 2.84 bits per heavy atom. The second kappa shape index (κ2) is 6.17. The quantitative estimate of drug-likeness (QED) is 0.874. The van der Waals surface area contributed by atoms with E-state index in [4.69, 9.17) is 9.84 Å². The van der Waals surface area contributed by atoms with Gasteiger partial charge in [-0.25, -0.2) is 4.79 Å². The third kappa shape index (κ3) is 3.94. The molecule has 2 rings (SSSR count). The summed E-state index contributed by atoms with van der Waals surface area (Å²) < 4.78 is 5.23. The Labute approximate surface area is 111 Å². The summed E-state index contributed by atoms with van der Waals surface area (Å²) in [5, 5.41) is 8.60. The lowest BCUT2D eigenvalue weighted by Crippen LogP contribution is -2.41. The number of carboxylic acid groups (broad SMARTS) is 1. The number of nitrogens with zero attached hydrogens (tertiary/aromatic N) is 2. The van der Waals surface area contributed by atoms with Crippen LogP contribution >= 0.6 is 0 Å². The number of rotatable bonds is 5. The van der Waals surface area contributed by atoms with Gasteiger partial charge in [-0.2, -0.15) is 0 Å². The molecular weight excluding hydrogens is 248 g/mol. The Morgan fingerprint density at radius 1 is 1.47 bits per heavy atom. The molecule has 1 amide bonds. The normalized spacial score (nSPS) is 19.1. The summed E-state index contributed by atoms with van der Waals surface area (Å²) in [5.41, 5.74) is 0.996. The molecule has 1 aliphatic heterocycles. The highest BCUT2D eigenvalue weighted by Gasteiger charge is 2.27. The average molecular weight is 264 g/mol. The fraction of sp³-hybridized carbons (Fsp3) is 0.462. The fourth-order valence-corrected chi connectivity index (χ4v) is 2.01. The van der Waals surface area contributed by atoms with Crippen LogP contribution in [0.15, 0.2) is 24.5 Å². The number of hydrogen-bond acceptors (Lipinski definition) is 4. The van der Waals surface area contributed by atoms with Crippen molar-refractivity contribution in [2.75, 3.05) is 6.54 Å². The van der Waals surface area contributed by atoms with Crippen LogP contribution in [-0.2, 0) is 16.1 Å². The van der Waals surface area contributed by atoms with E-state index >= 15 is 0 Å². The van der Waals surface area contributed by atoms with Crippen molar-refractivity contribution in [1.29, 1.82) is 0 Å². The van der Waals surface area contributed by atoms with Crippen LogP contribution in [0.1, 0.15) is 24.8 Å². The maximum absolute atomic E-state index is 11.8. The Bertz CT molecular complexity index is 449. The largest absolute Gasteiger partial charge is 0.481 e. The summed E-state index contributed by atoms with van der Waals surface area (Å²) in [7, 11) is 0. The van der Waals surface area contributed by atoms with Gasteiger partial charge in [-0.05, 0) is 24.1 Å². The number of carbonyl (C=O) groups excluding carboxylic acids is 1. The van der Waals surface area contributed by atoms with Crippen molar-refractivity contribution in [2.24, 2.45) is 0 Å². The molecule has 0 bridgehead atoms. The summed E-state index contributed by atoms with van der Waals surface area (Å²) in [5.74, 6) is -0.865. The third-order valence-electron chi connectivity index (χ3n) is 3.05. The predicted molar refractivity (Wildman–Crippen MR) is 66.4 cm³/mol. The molecule has 1 unspecified atom stereocenters. The molecule has 0 spiro atoms. The molecule has 0 aliphatic carbocycles. The van der Waals surface area contributed by atoms with Crippen LogP contribution < -0.4 is 0 Å². The van der Waals surface area contributed by atoms with E-state index < -0.39 is 5.97 Å². The zero-order chi connectivity index (χ0) is 13.7. The van der Waals surface area contributed by atoms with Crippen LogP contribution in [0.5, 0.6) is 0 Å². The van der Waals surface area contributed by atoms with Crippen LogP contribution in [0.3, 0.4) is 0 Å². The molecule has 102 valence electrons. The fourth-order valence-electron chi connectivity index (χ4n) is 2.01. The molecule has 19 heavy (non-hydrogen) atoms. The summed E-state index contributed by atoms with van der Waals surface area (Å²) in [4.78, 5) is 27.8. The van der Waals surface area contributed by atoms with Crippen molar-refractivity contribution >= 4 is 12.1 Å². The van der Waals surface area contributed by atoms with Gasteiger partial charge in [0, 0.05) is 38.3 Å². The topological polar surface area (TPSA) is 79.7 Å². The summed E-state index contributed by atoms with van der Waals surface area (Å²) in [6.07, 6.45) is 3.78. The highest BCUT2D eigenvalue weighted by molar-refractivity contribution is 5.69. The van der Waals surface area contributed by atoms with E-state index in [0.29, 0.717) is 25.9 Å². The second-order valence-corrected chi connectivity index (χ2v) is 4.50. The van der Waals surface area contributed by atoms with E-state index in [2.05, 4.69) is 4.98 Å². The van der Waals surface area contributed by atoms with E-state index in [0.717, 1.165) is 5.56 Å². The number of carbonyl (C=O) groups is 2. The molecule has 1 atom stereocenters. The molecule has 0 saturated carbocycles. The molecule has 0 radical (unpaired) electrons. The third-order valence-corrected chi connectivity index (χ3v) is 3.05. The van der Waals surface area contributed by atoms with Gasteiger partial charge in [0.25, 0.3) is 0 Å². The first-order valence-electron chi connectivity index (χ1n) is 6.21. The van der Waals surface area contributed by atoms with Crippen molar-refractivity contribution in [2.45, 2.75) is 31.9 Å². The first kappa shape index (κ1) is 13.3. The molecule has 1 aromatic rings. The first-order chi connectivity index (χ1) is 9.15. The van der Waals surface area contributed by atoms with E-state index in [-0.39, 0.29) is 18.6 Å². The molecule has 1 fully saturated rings. The van der Waals surface area contributed by atoms with Crippen LogP contribution in [0.25, 0.3) is 0 Å². The van der Waals surface area contributed by atoms with Crippen molar-refractivity contribution in [3.8, 4) is 0 Å². The lowest BCUT2D eigenvalue weighted by atomic mass is 10.1. The van der Waals surface area contributed by atoms with Crippen molar-refractivity contribution < 1.29 is 19.4 Å². The van der Waals surface area contributed by atoms with Gasteiger partial charge >= 0.3 is 12.1 Å². The van der Waals surface area contributed by atoms with E-state index in [1.807, 2.05) is 12.1 Å². The lowest BCUT2D eigenvalue weighted by molar-refractivity contribution is -0.137. The Balaban J connectivity index is 1.84. The standard InChI is InChI=1S/C13H16N2O4/c16-12(17)2-1-11-5-8-15(13(18)19-11)9-10-3-6-14-7-4-10/h3-4,6-7,11H,1-2,5,8-9H2,(H,16,17). The van der Waals surface area contributed by atoms with Crippen molar-refractivity contribution in [3.05, 3.63) is 30.1 Å². The molecule has 1 N–H and O–H groups in total. The number of amides is 1. The Morgan fingerprint density at radius 2 is 2.21 bits per heavy atom. The van der Waals surface area contributed by atoms with Gasteiger partial charge in [0.2, 0.25) is 0 Å². The number of cyclic esters (lactones) is 1. The number of aliphatic carboxylic acids is 1. The molecule has 0 aromatic carbocycles. The highest BCUT2D eigenvalue weighted by atomic mass is 16.6. The minimum atomic E-state index is -0.865. The monoisotopic (exact) mass is 264 g/mol. The van der Waals surface area contributed by atoms with Crippen molar-refractivity contribution in [3.63, 3.8) is 0 Å². The molecule has 6 heteroatoms. The molecular formula is C13H16N2O4. The van der Waals surface area contributed by atoms with Crippen LogP contribution in [0.4, 0.5) is 4.79 Å². The molecule has 1 saturated heterocycles. The Hall–Kier alpha value is -2.11. The second-order valence-electron chi connectivity index (χ2n) is 4.50. The summed E-state index contributed by atoms with van der Waals surface area (Å²) in [6, 6.07) is 3.70. The first-order valence-corrected chi connectivity index (χ1v) is 6.21. The number of hydrogen-bond donors (Lipinski definition) is 1. The van der Waals surface area contributed by atoms with Gasteiger partial charge in [-0.3, -0.25) is 9.78 Å². The lowest BCUT2D eigenvalue weighted by Gasteiger charge is -2.31. The number of ether oxygens (including phenoxy) is 1.